The Morgan fingerprint density at radius 2 is 1.58 bits per heavy atom. The Bertz CT molecular complexity index is 1410. The van der Waals surface area contributed by atoms with E-state index in [9.17, 15) is 0 Å². The zero-order valence-electron chi connectivity index (χ0n) is 21.8. The second-order valence-electron chi connectivity index (χ2n) is 10.6. The number of benzene rings is 2. The van der Waals surface area contributed by atoms with Crippen LogP contribution in [0.1, 0.15) is 40.0 Å². The number of rotatable bonds is 0. The molecular weight excluding hydrogens is 524 g/mol. The van der Waals surface area contributed by atoms with Gasteiger partial charge in [-0.15, -0.1) is 5.70 Å². The summed E-state index contributed by atoms with van der Waals surface area (Å²) in [6.07, 6.45) is 9.62. The second-order valence-corrected chi connectivity index (χ2v) is 10.6. The molecule has 0 aromatic heterocycles. The predicted octanol–water partition coefficient (Wildman–Crippen LogP) is 6.28. The second kappa shape index (κ2) is 9.93. The van der Waals surface area contributed by atoms with Crippen molar-refractivity contribution in [1.29, 1.82) is 0 Å². The average molecular weight is 556 g/mol. The van der Waals surface area contributed by atoms with Crippen molar-refractivity contribution in [3.8, 4) is 0 Å². The number of piperidine rings is 1. The molecule has 7 nitrogen and oxygen atoms in total. The van der Waals surface area contributed by atoms with Gasteiger partial charge in [0.25, 0.3) is 0 Å². The smallest absolute Gasteiger partial charge is 0.675 e. The molecule has 199 valence electrons. The van der Waals surface area contributed by atoms with E-state index in [1.54, 1.807) is 0 Å². The number of aliphatic imine (C=N–C) groups is 3. The molecule has 2 aromatic carbocycles. The summed E-state index contributed by atoms with van der Waals surface area (Å²) in [6.45, 7) is 6.50. The Labute approximate surface area is 234 Å². The summed E-state index contributed by atoms with van der Waals surface area (Å²) in [4.78, 5) is 17.8. The van der Waals surface area contributed by atoms with E-state index in [0.29, 0.717) is 0 Å². The van der Waals surface area contributed by atoms with Gasteiger partial charge in [-0.25, -0.2) is 0 Å². The van der Waals surface area contributed by atoms with Gasteiger partial charge >= 0.3 is 17.1 Å². The molecule has 5 aliphatic rings. The fraction of sp³-hybridized carbons (Fsp3) is 0.367. The SMILES string of the molecule is CC1=Nc2ccccc2N=C(C)C2CCCC([N-]2)C2=Nc3ccccc3N3C2C3(C)C2C=CC=C1[N-]2.O.[Cu+2]. The summed E-state index contributed by atoms with van der Waals surface area (Å²) in [7, 11) is 0. The maximum Gasteiger partial charge on any atom is 2.00 e. The van der Waals surface area contributed by atoms with Gasteiger partial charge in [0.15, 0.2) is 0 Å². The van der Waals surface area contributed by atoms with Crippen LogP contribution in [-0.2, 0) is 17.1 Å². The number of allylic oxidation sites excluding steroid dienone is 3. The number of anilines is 1. The third-order valence-corrected chi connectivity index (χ3v) is 8.33. The van der Waals surface area contributed by atoms with Crippen molar-refractivity contribution >= 4 is 39.9 Å². The van der Waals surface area contributed by atoms with Crippen LogP contribution < -0.4 is 4.90 Å². The van der Waals surface area contributed by atoms with E-state index >= 15 is 0 Å². The van der Waals surface area contributed by atoms with Crippen LogP contribution in [0.5, 0.6) is 0 Å². The number of hydrogen-bond donors (Lipinski definition) is 0. The van der Waals surface area contributed by atoms with E-state index in [-0.39, 0.29) is 52.3 Å². The third-order valence-electron chi connectivity index (χ3n) is 8.33. The van der Waals surface area contributed by atoms with E-state index in [2.05, 4.69) is 61.2 Å². The zero-order valence-corrected chi connectivity index (χ0v) is 22.7. The average Bonchev–Trinajstić information content (AvgIpc) is 3.56. The molecule has 4 bridgehead atoms. The van der Waals surface area contributed by atoms with Gasteiger partial charge in [-0.1, -0.05) is 79.9 Å². The van der Waals surface area contributed by atoms with Gasteiger partial charge in [0.1, 0.15) is 0 Å². The van der Waals surface area contributed by atoms with Gasteiger partial charge in [0.05, 0.1) is 34.3 Å². The van der Waals surface area contributed by atoms with Crippen molar-refractivity contribution in [2.45, 2.75) is 69.7 Å². The Kier molecular flexibility index (Phi) is 6.95. The van der Waals surface area contributed by atoms with Crippen molar-refractivity contribution in [3.63, 3.8) is 0 Å². The Balaban J connectivity index is 0.00000147. The number of fused-ring (bicyclic) bond motifs is 10. The van der Waals surface area contributed by atoms with E-state index in [0.717, 1.165) is 53.4 Å². The van der Waals surface area contributed by atoms with Gasteiger partial charge in [-0.05, 0) is 50.7 Å². The maximum absolute atomic E-state index is 5.36. The summed E-state index contributed by atoms with van der Waals surface area (Å²) < 4.78 is 0. The van der Waals surface area contributed by atoms with Gasteiger partial charge in [-0.2, -0.15) is 0 Å². The van der Waals surface area contributed by atoms with Crippen LogP contribution in [0.15, 0.2) is 87.4 Å². The molecule has 1 radical (unpaired) electrons. The van der Waals surface area contributed by atoms with E-state index in [1.807, 2.05) is 31.2 Å². The van der Waals surface area contributed by atoms with Gasteiger partial charge in [0.2, 0.25) is 0 Å². The Morgan fingerprint density at radius 1 is 0.895 bits per heavy atom. The predicted molar refractivity (Wildman–Crippen MR) is 153 cm³/mol. The normalized spacial score (nSPS) is 30.4. The molecule has 2 N–H and O–H groups in total. The number of nitrogens with zero attached hydrogens (tertiary/aromatic N) is 6. The van der Waals surface area contributed by atoms with Crippen LogP contribution in [0.25, 0.3) is 10.6 Å². The Hall–Kier alpha value is -3.03. The maximum atomic E-state index is 5.36. The third kappa shape index (κ3) is 4.07. The standard InChI is InChI=1S/C30H30N6.Cu.H2O/c1-18-20-13-8-15-25(33-20)28-29-30(3,36(29)26-16-7-6-12-24(26)35-28)27-17-9-14-21(34-27)19(2)32-23-11-5-4-10-22(23)31-18;;/h4-7,9-12,14,16-17,20,25,27,29H,8,13,15H2,1-3H3;;1H2/q-2;+2;. The van der Waals surface area contributed by atoms with Crippen LogP contribution in [0.3, 0.4) is 0 Å². The Morgan fingerprint density at radius 3 is 2.37 bits per heavy atom. The molecule has 0 spiro atoms. The van der Waals surface area contributed by atoms with E-state index < -0.39 is 0 Å². The molecule has 5 unspecified atom stereocenters. The zero-order chi connectivity index (χ0) is 24.4. The van der Waals surface area contributed by atoms with E-state index in [1.165, 1.54) is 11.4 Å². The first-order valence-corrected chi connectivity index (χ1v) is 13.0. The molecule has 2 aromatic rings. The van der Waals surface area contributed by atoms with Crippen LogP contribution in [0, 0.1) is 0 Å². The molecule has 0 saturated carbocycles. The van der Waals surface area contributed by atoms with Crippen molar-refractivity contribution in [3.05, 3.63) is 83.1 Å². The first-order chi connectivity index (χ1) is 17.5. The largest absolute Gasteiger partial charge is 2.00 e. The molecular formula is C30H32CuN6O. The van der Waals surface area contributed by atoms with Crippen molar-refractivity contribution in [2.75, 3.05) is 4.90 Å². The molecule has 5 heterocycles. The molecule has 5 atom stereocenters. The number of para-hydroxylation sites is 4. The summed E-state index contributed by atoms with van der Waals surface area (Å²) in [5, 5.41) is 10.6. The molecule has 38 heavy (non-hydrogen) atoms. The van der Waals surface area contributed by atoms with Crippen molar-refractivity contribution in [1.82, 2.24) is 0 Å². The summed E-state index contributed by atoms with van der Waals surface area (Å²) >= 11 is 0. The molecule has 0 amide bonds. The van der Waals surface area contributed by atoms with Gasteiger partial charge in [-0.3, -0.25) is 15.0 Å². The molecule has 7 rings (SSSR count). The van der Waals surface area contributed by atoms with Crippen molar-refractivity contribution < 1.29 is 22.5 Å². The minimum Gasteiger partial charge on any atom is -0.675 e. The first-order valence-electron chi connectivity index (χ1n) is 13.0. The van der Waals surface area contributed by atoms with E-state index in [4.69, 9.17) is 25.6 Å². The van der Waals surface area contributed by atoms with Gasteiger partial charge < -0.3 is 21.0 Å². The summed E-state index contributed by atoms with van der Waals surface area (Å²) in [6, 6.07) is 17.0. The molecule has 0 aliphatic carbocycles. The van der Waals surface area contributed by atoms with Gasteiger partial charge in [0, 0.05) is 11.4 Å². The summed E-state index contributed by atoms with van der Waals surface area (Å²) in [5.74, 6) is 0. The van der Waals surface area contributed by atoms with Crippen LogP contribution in [0.4, 0.5) is 22.7 Å². The molecule has 2 saturated heterocycles. The monoisotopic (exact) mass is 555 g/mol. The van der Waals surface area contributed by atoms with Crippen LogP contribution in [-0.4, -0.2) is 52.3 Å². The minimum absolute atomic E-state index is 0. The first kappa shape index (κ1) is 26.6. The fourth-order valence-electron chi connectivity index (χ4n) is 6.35. The summed E-state index contributed by atoms with van der Waals surface area (Å²) in [5.41, 5.74) is 7.86. The van der Waals surface area contributed by atoms with Crippen molar-refractivity contribution in [2.24, 2.45) is 15.0 Å². The fourth-order valence-corrected chi connectivity index (χ4v) is 6.35. The minimum atomic E-state index is -0.189. The van der Waals surface area contributed by atoms with Crippen LogP contribution in [0.2, 0.25) is 0 Å². The molecule has 2 fully saturated rings. The topological polar surface area (TPSA) is 99.8 Å². The van der Waals surface area contributed by atoms with Crippen LogP contribution >= 0.6 is 0 Å². The number of hydrogen-bond acceptors (Lipinski definition) is 4. The molecule has 8 heteroatoms. The molecule has 5 aliphatic heterocycles. The quantitative estimate of drug-likeness (QED) is 0.277.